The number of carboxylic acids is 1. The van der Waals surface area contributed by atoms with Crippen LogP contribution in [0.5, 0.6) is 5.75 Å². The Balaban J connectivity index is 1.59. The van der Waals surface area contributed by atoms with Crippen LogP contribution in [0.3, 0.4) is 0 Å². The molecule has 7 heteroatoms. The Morgan fingerprint density at radius 1 is 1.00 bits per heavy atom. The molecular weight excluding hydrogens is 456 g/mol. The number of rotatable bonds is 15. The molecule has 2 N–H and O–H groups in total. The zero-order chi connectivity index (χ0) is 25.8. The number of carboxylic acid groups (broad SMARTS) is 1. The first-order valence-corrected chi connectivity index (χ1v) is 12.7. The minimum Gasteiger partial charge on any atom is -0.493 e. The number of ether oxygens (including phenoxy) is 1. The smallest absolute Gasteiger partial charge is 0.303 e. The third-order valence-corrected chi connectivity index (χ3v) is 6.04. The van der Waals surface area contributed by atoms with E-state index < -0.39 is 5.97 Å². The van der Waals surface area contributed by atoms with Gasteiger partial charge in [-0.15, -0.1) is 0 Å². The van der Waals surface area contributed by atoms with E-state index in [0.29, 0.717) is 44.1 Å². The molecule has 0 aliphatic heterocycles. The van der Waals surface area contributed by atoms with E-state index in [0.717, 1.165) is 53.8 Å². The lowest BCUT2D eigenvalue weighted by molar-refractivity contribution is -0.137. The van der Waals surface area contributed by atoms with Crippen LogP contribution in [0.15, 0.2) is 52.9 Å². The number of benzene rings is 2. The van der Waals surface area contributed by atoms with Gasteiger partial charge in [0.05, 0.1) is 12.3 Å². The molecule has 3 aromatic rings. The van der Waals surface area contributed by atoms with Crippen molar-refractivity contribution in [3.05, 3.63) is 71.1 Å². The van der Waals surface area contributed by atoms with Crippen LogP contribution in [0.25, 0.3) is 11.5 Å². The van der Waals surface area contributed by atoms with Crippen LogP contribution < -0.4 is 10.1 Å². The number of aromatic nitrogens is 1. The van der Waals surface area contributed by atoms with Gasteiger partial charge in [-0.1, -0.05) is 50.5 Å². The van der Waals surface area contributed by atoms with Gasteiger partial charge in [0.25, 0.3) is 0 Å². The van der Waals surface area contributed by atoms with Crippen LogP contribution in [0.2, 0.25) is 0 Å². The number of aryl methyl sites for hydroxylation is 2. The molecule has 0 fully saturated rings. The van der Waals surface area contributed by atoms with Crippen molar-refractivity contribution < 1.29 is 23.8 Å². The van der Waals surface area contributed by atoms with Gasteiger partial charge in [-0.05, 0) is 55.2 Å². The molecule has 1 aromatic heterocycles. The lowest BCUT2D eigenvalue weighted by atomic mass is 10.0. The largest absolute Gasteiger partial charge is 0.493 e. The fourth-order valence-corrected chi connectivity index (χ4v) is 3.97. The van der Waals surface area contributed by atoms with Crippen LogP contribution in [-0.2, 0) is 29.0 Å². The number of nitrogens with zero attached hydrogens (tertiary/aromatic N) is 1. The van der Waals surface area contributed by atoms with Crippen molar-refractivity contribution in [1.29, 1.82) is 0 Å². The number of oxazole rings is 1. The zero-order valence-electron chi connectivity index (χ0n) is 21.2. The second-order valence-corrected chi connectivity index (χ2v) is 8.90. The molecule has 1 amide bonds. The van der Waals surface area contributed by atoms with Crippen molar-refractivity contribution in [3.8, 4) is 17.2 Å². The highest BCUT2D eigenvalue weighted by Gasteiger charge is 2.13. The lowest BCUT2D eigenvalue weighted by Gasteiger charge is -2.13. The number of carbonyl (C=O) groups is 2. The predicted molar refractivity (Wildman–Crippen MR) is 139 cm³/mol. The van der Waals surface area contributed by atoms with E-state index in [2.05, 4.69) is 17.2 Å². The zero-order valence-corrected chi connectivity index (χ0v) is 21.2. The van der Waals surface area contributed by atoms with Crippen molar-refractivity contribution in [2.24, 2.45) is 0 Å². The third-order valence-electron chi connectivity index (χ3n) is 6.04. The maximum Gasteiger partial charge on any atom is 0.303 e. The monoisotopic (exact) mass is 492 g/mol. The molecule has 36 heavy (non-hydrogen) atoms. The van der Waals surface area contributed by atoms with Crippen LogP contribution >= 0.6 is 0 Å². The SMILES string of the molecule is CCCCCCC(=O)NCc1cc(OCCc2nc(-c3ccccc3)oc2C)ccc1CCC(=O)O. The minimum absolute atomic E-state index is 0.0114. The molecule has 0 aliphatic rings. The average molecular weight is 493 g/mol. The summed E-state index contributed by atoms with van der Waals surface area (Å²) < 4.78 is 11.8. The van der Waals surface area contributed by atoms with E-state index >= 15 is 0 Å². The fraction of sp³-hybridized carbons (Fsp3) is 0.414. The molecule has 7 nitrogen and oxygen atoms in total. The molecule has 1 heterocycles. The van der Waals surface area contributed by atoms with Gasteiger partial charge in [-0.2, -0.15) is 0 Å². The molecular formula is C29H36N2O5. The van der Waals surface area contributed by atoms with Crippen molar-refractivity contribution in [1.82, 2.24) is 10.3 Å². The number of amides is 1. The number of hydrogen-bond acceptors (Lipinski definition) is 5. The van der Waals surface area contributed by atoms with E-state index in [1.807, 2.05) is 55.5 Å². The summed E-state index contributed by atoms with van der Waals surface area (Å²) in [5, 5.41) is 12.1. The van der Waals surface area contributed by atoms with E-state index in [1.54, 1.807) is 0 Å². The van der Waals surface area contributed by atoms with Gasteiger partial charge >= 0.3 is 5.97 Å². The Labute approximate surface area is 212 Å². The highest BCUT2D eigenvalue weighted by Crippen LogP contribution is 2.23. The van der Waals surface area contributed by atoms with Crippen LogP contribution in [0.1, 0.15) is 68.0 Å². The Kier molecular flexibility index (Phi) is 10.5. The number of nitrogens with one attached hydrogen (secondary N) is 1. The first kappa shape index (κ1) is 27.0. The van der Waals surface area contributed by atoms with Gasteiger partial charge in [-0.25, -0.2) is 4.98 Å². The van der Waals surface area contributed by atoms with Crippen molar-refractivity contribution in [3.63, 3.8) is 0 Å². The molecule has 0 saturated carbocycles. The van der Waals surface area contributed by atoms with E-state index in [1.165, 1.54) is 0 Å². The van der Waals surface area contributed by atoms with Gasteiger partial charge in [0, 0.05) is 31.4 Å². The second-order valence-electron chi connectivity index (χ2n) is 8.90. The van der Waals surface area contributed by atoms with Crippen molar-refractivity contribution in [2.45, 2.75) is 71.8 Å². The summed E-state index contributed by atoms with van der Waals surface area (Å²) in [7, 11) is 0. The van der Waals surface area contributed by atoms with Gasteiger partial charge in [0.15, 0.2) is 0 Å². The van der Waals surface area contributed by atoms with Gasteiger partial charge in [0.2, 0.25) is 11.8 Å². The maximum atomic E-state index is 12.3. The molecule has 0 radical (unpaired) electrons. The normalized spacial score (nSPS) is 10.8. The molecule has 0 unspecified atom stereocenters. The van der Waals surface area contributed by atoms with E-state index in [9.17, 15) is 9.59 Å². The summed E-state index contributed by atoms with van der Waals surface area (Å²) in [6.45, 7) is 4.80. The Morgan fingerprint density at radius 3 is 2.56 bits per heavy atom. The molecule has 0 spiro atoms. The van der Waals surface area contributed by atoms with Crippen molar-refractivity contribution >= 4 is 11.9 Å². The summed E-state index contributed by atoms with van der Waals surface area (Å²) in [6, 6.07) is 15.4. The molecule has 0 saturated heterocycles. The highest BCUT2D eigenvalue weighted by atomic mass is 16.5. The third kappa shape index (κ3) is 8.56. The molecule has 2 aromatic carbocycles. The summed E-state index contributed by atoms with van der Waals surface area (Å²) in [4.78, 5) is 27.9. The molecule has 0 bridgehead atoms. The maximum absolute atomic E-state index is 12.3. The van der Waals surface area contributed by atoms with Crippen LogP contribution in [-0.4, -0.2) is 28.6 Å². The topological polar surface area (TPSA) is 102 Å². The fourth-order valence-electron chi connectivity index (χ4n) is 3.97. The van der Waals surface area contributed by atoms with Crippen molar-refractivity contribution in [2.75, 3.05) is 6.61 Å². The molecule has 0 aliphatic carbocycles. The quantitative estimate of drug-likeness (QED) is 0.257. The standard InChI is InChI=1S/C29H36N2O5/c1-3-4-5-9-12-27(32)30-20-24-19-25(15-13-22(24)14-16-28(33)34)35-18-17-26-21(2)36-29(31-26)23-10-7-6-8-11-23/h6-8,10-11,13,15,19H,3-5,9,12,14,16-18,20H2,1-2H3,(H,30,32)(H,33,34). The second kappa shape index (κ2) is 14.1. The summed E-state index contributed by atoms with van der Waals surface area (Å²) in [5.74, 6) is 1.20. The number of unbranched alkanes of at least 4 members (excludes halogenated alkanes) is 3. The Morgan fingerprint density at radius 2 is 1.81 bits per heavy atom. The average Bonchev–Trinajstić information content (AvgIpc) is 3.25. The predicted octanol–water partition coefficient (Wildman–Crippen LogP) is 5.88. The lowest BCUT2D eigenvalue weighted by Crippen LogP contribution is -2.23. The van der Waals surface area contributed by atoms with E-state index in [-0.39, 0.29) is 12.3 Å². The number of aliphatic carboxylic acids is 1. The van der Waals surface area contributed by atoms with Gasteiger partial charge in [-0.3, -0.25) is 9.59 Å². The highest BCUT2D eigenvalue weighted by molar-refractivity contribution is 5.75. The Bertz CT molecular complexity index is 1120. The number of hydrogen-bond donors (Lipinski definition) is 2. The summed E-state index contributed by atoms with van der Waals surface area (Å²) >= 11 is 0. The summed E-state index contributed by atoms with van der Waals surface area (Å²) in [6.07, 6.45) is 5.72. The van der Waals surface area contributed by atoms with Crippen LogP contribution in [0.4, 0.5) is 0 Å². The first-order valence-electron chi connectivity index (χ1n) is 12.7. The van der Waals surface area contributed by atoms with Gasteiger partial charge < -0.3 is 19.6 Å². The first-order chi connectivity index (χ1) is 17.5. The molecule has 192 valence electrons. The molecule has 0 atom stereocenters. The number of carbonyl (C=O) groups excluding carboxylic acids is 1. The summed E-state index contributed by atoms with van der Waals surface area (Å²) in [5.41, 5.74) is 3.56. The molecule has 3 rings (SSSR count). The minimum atomic E-state index is -0.848. The van der Waals surface area contributed by atoms with Gasteiger partial charge in [0.1, 0.15) is 11.5 Å². The van der Waals surface area contributed by atoms with E-state index in [4.69, 9.17) is 14.3 Å². The van der Waals surface area contributed by atoms with Crippen LogP contribution in [0, 0.1) is 6.92 Å². The Hall–Kier alpha value is -3.61.